The molecule has 0 aliphatic rings. The minimum atomic E-state index is -0.403. The Morgan fingerprint density at radius 2 is 1.26 bits per heavy atom. The van der Waals surface area contributed by atoms with Crippen LogP contribution in [0.3, 0.4) is 0 Å². The van der Waals surface area contributed by atoms with Gasteiger partial charge in [0.1, 0.15) is 5.78 Å². The summed E-state index contributed by atoms with van der Waals surface area (Å²) < 4.78 is 0. The van der Waals surface area contributed by atoms with E-state index in [0.717, 1.165) is 19.3 Å². The Hall–Kier alpha value is -0.900. The normalized spacial score (nSPS) is 10.4. The molecule has 19 heavy (non-hydrogen) atoms. The van der Waals surface area contributed by atoms with Crippen molar-refractivity contribution >= 4 is 11.8 Å². The highest BCUT2D eigenvalue weighted by Gasteiger charge is 2.04. The van der Waals surface area contributed by atoms with Crippen molar-refractivity contribution in [1.29, 1.82) is 0 Å². The van der Waals surface area contributed by atoms with Crippen molar-refractivity contribution in [2.24, 2.45) is 5.90 Å². The molecular formula is C15H29NO3. The number of hydrogen-bond donors (Lipinski definition) is 1. The van der Waals surface area contributed by atoms with E-state index in [1.54, 1.807) is 0 Å². The molecule has 0 heterocycles. The van der Waals surface area contributed by atoms with Crippen LogP contribution in [-0.4, -0.2) is 11.8 Å². The molecule has 0 saturated carbocycles. The van der Waals surface area contributed by atoms with Gasteiger partial charge in [-0.15, -0.1) is 0 Å². The van der Waals surface area contributed by atoms with Gasteiger partial charge in [-0.3, -0.25) is 9.59 Å². The van der Waals surface area contributed by atoms with Gasteiger partial charge in [-0.25, -0.2) is 0 Å². The number of Topliss-reactive ketones (excluding diaryl/α,β-unsaturated/α-hetero) is 1. The minimum absolute atomic E-state index is 0.307. The number of rotatable bonds is 13. The van der Waals surface area contributed by atoms with Crippen molar-refractivity contribution in [2.75, 3.05) is 0 Å². The average Bonchev–Trinajstić information content (AvgIpc) is 2.42. The lowest BCUT2D eigenvalue weighted by Gasteiger charge is -2.02. The number of hydrogen-bond acceptors (Lipinski definition) is 4. The van der Waals surface area contributed by atoms with Gasteiger partial charge in [-0.1, -0.05) is 45.4 Å². The summed E-state index contributed by atoms with van der Waals surface area (Å²) >= 11 is 0. The van der Waals surface area contributed by atoms with Crippen molar-refractivity contribution in [3.8, 4) is 0 Å². The van der Waals surface area contributed by atoms with Gasteiger partial charge >= 0.3 is 5.97 Å². The highest BCUT2D eigenvalue weighted by atomic mass is 16.7. The molecule has 4 nitrogen and oxygen atoms in total. The summed E-state index contributed by atoms with van der Waals surface area (Å²) in [5, 5.41) is 0. The van der Waals surface area contributed by atoms with E-state index in [2.05, 4.69) is 11.8 Å². The van der Waals surface area contributed by atoms with Crippen LogP contribution in [0.1, 0.15) is 84.0 Å². The lowest BCUT2D eigenvalue weighted by atomic mass is 10.0. The van der Waals surface area contributed by atoms with E-state index in [0.29, 0.717) is 31.5 Å². The molecule has 0 aliphatic heterocycles. The fraction of sp³-hybridized carbons (Fsp3) is 0.867. The Labute approximate surface area is 117 Å². The quantitative estimate of drug-likeness (QED) is 0.410. The van der Waals surface area contributed by atoms with E-state index in [-0.39, 0.29) is 0 Å². The molecule has 0 fully saturated rings. The maximum absolute atomic E-state index is 11.6. The highest BCUT2D eigenvalue weighted by Crippen LogP contribution is 2.10. The fourth-order valence-corrected chi connectivity index (χ4v) is 2.05. The Kier molecular flexibility index (Phi) is 12.9. The van der Waals surface area contributed by atoms with E-state index in [4.69, 9.17) is 5.90 Å². The zero-order valence-corrected chi connectivity index (χ0v) is 12.3. The van der Waals surface area contributed by atoms with Crippen molar-refractivity contribution < 1.29 is 14.4 Å². The molecule has 0 aromatic carbocycles. The van der Waals surface area contributed by atoms with Gasteiger partial charge in [-0.2, -0.15) is 5.90 Å². The average molecular weight is 271 g/mol. The Morgan fingerprint density at radius 3 is 1.84 bits per heavy atom. The third-order valence-corrected chi connectivity index (χ3v) is 3.28. The van der Waals surface area contributed by atoms with Gasteiger partial charge in [0.2, 0.25) is 0 Å². The maximum atomic E-state index is 11.6. The van der Waals surface area contributed by atoms with Gasteiger partial charge in [0.15, 0.2) is 0 Å². The Balaban J connectivity index is 3.23. The molecule has 0 aromatic heterocycles. The predicted octanol–water partition coefficient (Wildman–Crippen LogP) is 3.67. The molecule has 0 unspecified atom stereocenters. The molecule has 0 aromatic rings. The number of nitrogens with two attached hydrogens (primary N) is 1. The minimum Gasteiger partial charge on any atom is -0.373 e. The van der Waals surface area contributed by atoms with Gasteiger partial charge in [0.25, 0.3) is 0 Å². The summed E-state index contributed by atoms with van der Waals surface area (Å²) in [7, 11) is 0. The van der Waals surface area contributed by atoms with Gasteiger partial charge in [-0.05, 0) is 19.3 Å². The molecule has 0 atom stereocenters. The first-order chi connectivity index (χ1) is 9.20. The smallest absolute Gasteiger partial charge is 0.324 e. The van der Waals surface area contributed by atoms with Gasteiger partial charge in [0, 0.05) is 19.3 Å². The standard InChI is InChI=1S/C15H29NO3/c1-2-3-4-5-6-7-8-11-14(17)12-9-10-13-15(18)19-16/h2-13,16H2,1H3. The highest BCUT2D eigenvalue weighted by molar-refractivity contribution is 5.78. The zero-order valence-electron chi connectivity index (χ0n) is 12.3. The molecule has 2 N–H and O–H groups in total. The van der Waals surface area contributed by atoms with Gasteiger partial charge in [0.05, 0.1) is 0 Å². The first kappa shape index (κ1) is 18.1. The number of unbranched alkanes of at least 4 members (excludes halogenated alkanes) is 7. The number of ketones is 1. The third kappa shape index (κ3) is 13.3. The predicted molar refractivity (Wildman–Crippen MR) is 76.4 cm³/mol. The molecule has 112 valence electrons. The first-order valence-electron chi connectivity index (χ1n) is 7.62. The number of carbonyl (C=O) groups is 2. The van der Waals surface area contributed by atoms with E-state index in [1.165, 1.54) is 32.1 Å². The lowest BCUT2D eigenvalue weighted by molar-refractivity contribution is -0.144. The molecular weight excluding hydrogens is 242 g/mol. The van der Waals surface area contributed by atoms with Crippen LogP contribution in [0.5, 0.6) is 0 Å². The molecule has 0 spiro atoms. The van der Waals surface area contributed by atoms with E-state index in [9.17, 15) is 9.59 Å². The SMILES string of the molecule is CCCCCCCCCC(=O)CCCCC(=O)ON. The maximum Gasteiger partial charge on any atom is 0.324 e. The van der Waals surface area contributed by atoms with Crippen LogP contribution in [0.2, 0.25) is 0 Å². The largest absolute Gasteiger partial charge is 0.373 e. The van der Waals surface area contributed by atoms with E-state index < -0.39 is 5.97 Å². The lowest BCUT2D eigenvalue weighted by Crippen LogP contribution is -2.09. The Morgan fingerprint density at radius 1 is 0.789 bits per heavy atom. The fourth-order valence-electron chi connectivity index (χ4n) is 2.05. The topological polar surface area (TPSA) is 69.4 Å². The molecule has 0 saturated heterocycles. The Bertz CT molecular complexity index is 242. The van der Waals surface area contributed by atoms with Crippen LogP contribution in [0, 0.1) is 0 Å². The molecule has 0 amide bonds. The molecule has 0 radical (unpaired) electrons. The van der Waals surface area contributed by atoms with Crippen LogP contribution >= 0.6 is 0 Å². The van der Waals surface area contributed by atoms with E-state index in [1.807, 2.05) is 0 Å². The molecule has 0 aliphatic carbocycles. The zero-order chi connectivity index (χ0) is 14.3. The second-order valence-corrected chi connectivity index (χ2v) is 5.11. The third-order valence-electron chi connectivity index (χ3n) is 3.28. The van der Waals surface area contributed by atoms with Crippen LogP contribution in [0.4, 0.5) is 0 Å². The summed E-state index contributed by atoms with van der Waals surface area (Å²) in [5.74, 6) is 4.63. The summed E-state index contributed by atoms with van der Waals surface area (Å²) in [6.45, 7) is 2.21. The summed E-state index contributed by atoms with van der Waals surface area (Å²) in [6.07, 6.45) is 11.6. The molecule has 0 bridgehead atoms. The monoisotopic (exact) mass is 271 g/mol. The van der Waals surface area contributed by atoms with Crippen LogP contribution in [0.25, 0.3) is 0 Å². The van der Waals surface area contributed by atoms with Crippen LogP contribution in [0.15, 0.2) is 0 Å². The van der Waals surface area contributed by atoms with Gasteiger partial charge < -0.3 is 4.84 Å². The van der Waals surface area contributed by atoms with Crippen LogP contribution < -0.4 is 5.90 Å². The second kappa shape index (κ2) is 13.5. The summed E-state index contributed by atoms with van der Waals surface area (Å²) in [5.41, 5.74) is 0. The van der Waals surface area contributed by atoms with Crippen molar-refractivity contribution in [1.82, 2.24) is 0 Å². The summed E-state index contributed by atoms with van der Waals surface area (Å²) in [4.78, 5) is 26.3. The summed E-state index contributed by atoms with van der Waals surface area (Å²) in [6, 6.07) is 0. The molecule has 4 heteroatoms. The first-order valence-corrected chi connectivity index (χ1v) is 7.62. The number of carbonyl (C=O) groups excluding carboxylic acids is 2. The van der Waals surface area contributed by atoms with Crippen molar-refractivity contribution in [3.63, 3.8) is 0 Å². The molecule has 0 rings (SSSR count). The second-order valence-electron chi connectivity index (χ2n) is 5.11. The van der Waals surface area contributed by atoms with Crippen molar-refractivity contribution in [2.45, 2.75) is 84.0 Å². The van der Waals surface area contributed by atoms with Crippen molar-refractivity contribution in [3.05, 3.63) is 0 Å². The van der Waals surface area contributed by atoms with E-state index >= 15 is 0 Å². The van der Waals surface area contributed by atoms with Crippen LogP contribution in [-0.2, 0) is 14.4 Å².